The Morgan fingerprint density at radius 2 is 1.74 bits per heavy atom. The van der Waals surface area contributed by atoms with Crippen LogP contribution in [0.2, 0.25) is 0 Å². The molecule has 0 fully saturated rings. The number of carbonyl (C=O) groups is 1. The van der Waals surface area contributed by atoms with Crippen molar-refractivity contribution >= 4 is 11.5 Å². The van der Waals surface area contributed by atoms with Gasteiger partial charge in [0.25, 0.3) is 0 Å². The topological polar surface area (TPSA) is 46.5 Å². The van der Waals surface area contributed by atoms with Crippen molar-refractivity contribution in [3.05, 3.63) is 70.5 Å². The van der Waals surface area contributed by atoms with Crippen LogP contribution in [0.3, 0.4) is 0 Å². The number of aromatic carboxylic acids is 1. The van der Waals surface area contributed by atoms with Gasteiger partial charge in [-0.1, -0.05) is 0 Å². The second kappa shape index (κ2) is 5.46. The van der Waals surface area contributed by atoms with Gasteiger partial charge < -0.3 is 9.84 Å². The van der Waals surface area contributed by atoms with E-state index in [2.05, 4.69) is 0 Å². The first-order chi connectivity index (χ1) is 10.9. The van der Waals surface area contributed by atoms with Crippen LogP contribution in [0.4, 0.5) is 13.2 Å². The Labute approximate surface area is 129 Å². The average molecular weight is 320 g/mol. The van der Waals surface area contributed by atoms with Crippen LogP contribution < -0.4 is 4.74 Å². The molecule has 0 aliphatic carbocycles. The molecule has 1 atom stereocenters. The van der Waals surface area contributed by atoms with Gasteiger partial charge in [-0.05, 0) is 42.8 Å². The van der Waals surface area contributed by atoms with Crippen LogP contribution in [-0.2, 0) is 0 Å². The molecule has 0 radical (unpaired) electrons. The number of ether oxygens (including phenoxy) is 1. The lowest BCUT2D eigenvalue weighted by atomic mass is 9.92. The van der Waals surface area contributed by atoms with Gasteiger partial charge in [0, 0.05) is 17.2 Å². The molecule has 1 heterocycles. The summed E-state index contributed by atoms with van der Waals surface area (Å²) in [6, 6.07) is 5.35. The summed E-state index contributed by atoms with van der Waals surface area (Å²) in [5, 5.41) is 9.09. The van der Waals surface area contributed by atoms with Crippen LogP contribution in [0.5, 0.6) is 5.75 Å². The molecule has 1 aliphatic rings. The van der Waals surface area contributed by atoms with Crippen molar-refractivity contribution in [3.8, 4) is 5.75 Å². The number of carboxylic acid groups (broad SMARTS) is 1. The summed E-state index contributed by atoms with van der Waals surface area (Å²) < 4.78 is 46.3. The van der Waals surface area contributed by atoms with E-state index in [1.807, 2.05) is 0 Å². The molecule has 0 saturated heterocycles. The minimum atomic E-state index is -1.29. The largest absolute Gasteiger partial charge is 0.486 e. The Morgan fingerprint density at radius 1 is 1.04 bits per heavy atom. The molecule has 3 nitrogen and oxygen atoms in total. The zero-order valence-electron chi connectivity index (χ0n) is 11.9. The van der Waals surface area contributed by atoms with Gasteiger partial charge in [0.2, 0.25) is 0 Å². The quantitative estimate of drug-likeness (QED) is 0.850. The van der Waals surface area contributed by atoms with Crippen molar-refractivity contribution in [1.82, 2.24) is 0 Å². The van der Waals surface area contributed by atoms with Gasteiger partial charge in [-0.25, -0.2) is 18.0 Å². The van der Waals surface area contributed by atoms with E-state index in [4.69, 9.17) is 9.84 Å². The zero-order chi connectivity index (χ0) is 16.7. The molecule has 0 amide bonds. The van der Waals surface area contributed by atoms with Crippen LogP contribution in [0.15, 0.2) is 36.4 Å². The Hall–Kier alpha value is -2.76. The van der Waals surface area contributed by atoms with Crippen molar-refractivity contribution in [2.24, 2.45) is 0 Å². The molecule has 1 unspecified atom stereocenters. The number of benzene rings is 2. The molecule has 2 aromatic carbocycles. The minimum absolute atomic E-state index is 0.0178. The second-order valence-electron chi connectivity index (χ2n) is 5.17. The van der Waals surface area contributed by atoms with Crippen molar-refractivity contribution in [1.29, 1.82) is 0 Å². The molecular formula is C17H11F3O3. The third kappa shape index (κ3) is 2.67. The number of fused-ring (bicyclic) bond motifs is 1. The van der Waals surface area contributed by atoms with Crippen LogP contribution >= 0.6 is 0 Å². The number of carboxylic acids is 1. The molecule has 23 heavy (non-hydrogen) atoms. The SMILES string of the molecule is CC1C=C(c2cc(F)c(F)cc2F)c2cc(C(=O)O)ccc2O1. The number of hydrogen-bond acceptors (Lipinski definition) is 2. The highest BCUT2D eigenvalue weighted by Crippen LogP contribution is 2.38. The van der Waals surface area contributed by atoms with Crippen LogP contribution in [0.1, 0.15) is 28.4 Å². The fraction of sp³-hybridized carbons (Fsp3) is 0.118. The van der Waals surface area contributed by atoms with E-state index in [0.29, 0.717) is 17.4 Å². The third-order valence-electron chi connectivity index (χ3n) is 3.53. The minimum Gasteiger partial charge on any atom is -0.486 e. The van der Waals surface area contributed by atoms with Gasteiger partial charge in [-0.3, -0.25) is 0 Å². The van der Waals surface area contributed by atoms with Crippen LogP contribution in [0, 0.1) is 17.5 Å². The maximum absolute atomic E-state index is 14.1. The molecule has 1 N–H and O–H groups in total. The molecule has 6 heteroatoms. The van der Waals surface area contributed by atoms with Gasteiger partial charge in [0.15, 0.2) is 11.6 Å². The van der Waals surface area contributed by atoms with Crippen molar-refractivity contribution in [2.75, 3.05) is 0 Å². The Morgan fingerprint density at radius 3 is 2.43 bits per heavy atom. The summed E-state index contributed by atoms with van der Waals surface area (Å²) >= 11 is 0. The summed E-state index contributed by atoms with van der Waals surface area (Å²) in [6.07, 6.45) is 1.10. The van der Waals surface area contributed by atoms with E-state index in [1.54, 1.807) is 6.92 Å². The summed E-state index contributed by atoms with van der Waals surface area (Å²) in [4.78, 5) is 11.1. The Balaban J connectivity index is 2.22. The van der Waals surface area contributed by atoms with Crippen LogP contribution in [-0.4, -0.2) is 17.2 Å². The fourth-order valence-electron chi connectivity index (χ4n) is 2.50. The van der Waals surface area contributed by atoms with Crippen molar-refractivity contribution < 1.29 is 27.8 Å². The number of halogens is 3. The van der Waals surface area contributed by atoms with E-state index in [0.717, 1.165) is 6.07 Å². The smallest absolute Gasteiger partial charge is 0.335 e. The molecule has 0 spiro atoms. The first-order valence-electron chi connectivity index (χ1n) is 6.78. The zero-order valence-corrected chi connectivity index (χ0v) is 11.9. The van der Waals surface area contributed by atoms with E-state index >= 15 is 0 Å². The molecule has 2 aromatic rings. The van der Waals surface area contributed by atoms with Gasteiger partial charge in [-0.2, -0.15) is 0 Å². The highest BCUT2D eigenvalue weighted by atomic mass is 19.2. The molecule has 118 valence electrons. The predicted molar refractivity (Wildman–Crippen MR) is 76.9 cm³/mol. The predicted octanol–water partition coefficient (Wildman–Crippen LogP) is 4.01. The summed E-state index contributed by atoms with van der Waals surface area (Å²) in [7, 11) is 0. The second-order valence-corrected chi connectivity index (χ2v) is 5.17. The normalized spacial score (nSPS) is 16.3. The standard InChI is InChI=1S/C17H11F3O3/c1-8-4-10(11-6-14(19)15(20)7-13(11)18)12-5-9(17(21)22)2-3-16(12)23-8/h2-8H,1H3,(H,21,22). The molecule has 0 aromatic heterocycles. The number of rotatable bonds is 2. The molecular weight excluding hydrogens is 309 g/mol. The van der Waals surface area contributed by atoms with E-state index in [9.17, 15) is 18.0 Å². The molecule has 1 aliphatic heterocycles. The molecule has 0 bridgehead atoms. The number of hydrogen-bond donors (Lipinski definition) is 1. The highest BCUT2D eigenvalue weighted by molar-refractivity contribution is 5.92. The lowest BCUT2D eigenvalue weighted by molar-refractivity contribution is 0.0697. The summed E-state index contributed by atoms with van der Waals surface area (Å²) in [6.45, 7) is 1.70. The van der Waals surface area contributed by atoms with Gasteiger partial charge in [-0.15, -0.1) is 0 Å². The van der Waals surface area contributed by atoms with E-state index in [-0.39, 0.29) is 16.7 Å². The lowest BCUT2D eigenvalue weighted by Gasteiger charge is -2.24. The van der Waals surface area contributed by atoms with Crippen molar-refractivity contribution in [3.63, 3.8) is 0 Å². The summed E-state index contributed by atoms with van der Waals surface area (Å²) in [5.41, 5.74) is 0.407. The maximum atomic E-state index is 14.1. The van der Waals surface area contributed by atoms with Gasteiger partial charge >= 0.3 is 5.97 Å². The monoisotopic (exact) mass is 320 g/mol. The first-order valence-corrected chi connectivity index (χ1v) is 6.78. The molecule has 0 saturated carbocycles. The fourth-order valence-corrected chi connectivity index (χ4v) is 2.50. The Kier molecular flexibility index (Phi) is 3.60. The first kappa shape index (κ1) is 15.1. The third-order valence-corrected chi connectivity index (χ3v) is 3.53. The van der Waals surface area contributed by atoms with Gasteiger partial charge in [0.05, 0.1) is 5.56 Å². The van der Waals surface area contributed by atoms with E-state index in [1.165, 1.54) is 24.3 Å². The lowest BCUT2D eigenvalue weighted by Crippen LogP contribution is -2.16. The van der Waals surface area contributed by atoms with Crippen LogP contribution in [0.25, 0.3) is 5.57 Å². The average Bonchev–Trinajstić information content (AvgIpc) is 2.49. The molecule has 3 rings (SSSR count). The van der Waals surface area contributed by atoms with Gasteiger partial charge in [0.1, 0.15) is 17.7 Å². The van der Waals surface area contributed by atoms with E-state index < -0.39 is 29.5 Å². The highest BCUT2D eigenvalue weighted by Gasteiger charge is 2.24. The Bertz CT molecular complexity index is 843. The summed E-state index contributed by atoms with van der Waals surface area (Å²) in [5.74, 6) is -4.21. The van der Waals surface area contributed by atoms with Crippen molar-refractivity contribution in [2.45, 2.75) is 13.0 Å². The maximum Gasteiger partial charge on any atom is 0.335 e.